The number of amides is 1. The van der Waals surface area contributed by atoms with Crippen LogP contribution in [0.1, 0.15) is 12.8 Å². The molecule has 1 saturated heterocycles. The third kappa shape index (κ3) is 4.77. The molecule has 0 atom stereocenters. The van der Waals surface area contributed by atoms with E-state index >= 15 is 0 Å². The molecule has 0 unspecified atom stereocenters. The molecular formula is C18H25ClN4O4. The number of nitrogens with zero attached hydrogens (tertiary/aromatic N) is 1. The van der Waals surface area contributed by atoms with Crippen molar-refractivity contribution in [3.63, 3.8) is 0 Å². The van der Waals surface area contributed by atoms with Crippen LogP contribution in [-0.2, 0) is 16.1 Å². The number of hydrogen-bond acceptors (Lipinski definition) is 5. The standard InChI is InChI=1S/C18H24N4O4.ClH/c1-26-12-18(6-8-19-9-7-18)11-20-15(23)10-22-16(24)13-4-2-3-5-14(13)21-17(22)25;/h2-5,19H,6-12H2,1H3,(H,20,23)(H,21,25);1H. The maximum absolute atomic E-state index is 12.5. The summed E-state index contributed by atoms with van der Waals surface area (Å²) in [7, 11) is 1.65. The molecule has 1 aliphatic rings. The number of carbonyl (C=O) groups is 1. The average Bonchev–Trinajstić information content (AvgIpc) is 2.65. The molecule has 0 radical (unpaired) electrons. The molecule has 1 fully saturated rings. The second-order valence-corrected chi connectivity index (χ2v) is 6.83. The Kier molecular flexibility index (Phi) is 7.18. The Labute approximate surface area is 162 Å². The Hall–Kier alpha value is -2.16. The molecule has 3 rings (SSSR count). The zero-order valence-corrected chi connectivity index (χ0v) is 16.1. The van der Waals surface area contributed by atoms with Gasteiger partial charge in [-0.2, -0.15) is 0 Å². The fourth-order valence-electron chi connectivity index (χ4n) is 3.46. The van der Waals surface area contributed by atoms with Crippen LogP contribution in [0.3, 0.4) is 0 Å². The molecule has 8 nitrogen and oxygen atoms in total. The van der Waals surface area contributed by atoms with Crippen molar-refractivity contribution >= 4 is 29.2 Å². The fourth-order valence-corrected chi connectivity index (χ4v) is 3.46. The van der Waals surface area contributed by atoms with Gasteiger partial charge in [-0.3, -0.25) is 14.2 Å². The molecule has 0 spiro atoms. The number of piperidine rings is 1. The summed E-state index contributed by atoms with van der Waals surface area (Å²) in [5.41, 5.74) is -0.700. The number of hydrogen-bond donors (Lipinski definition) is 3. The van der Waals surface area contributed by atoms with E-state index in [-0.39, 0.29) is 30.3 Å². The van der Waals surface area contributed by atoms with Crippen LogP contribution in [0.15, 0.2) is 33.9 Å². The van der Waals surface area contributed by atoms with Crippen LogP contribution in [0.4, 0.5) is 0 Å². The Bertz CT molecular complexity index is 897. The largest absolute Gasteiger partial charge is 0.384 e. The average molecular weight is 397 g/mol. The first kappa shape index (κ1) is 21.1. The molecule has 0 bridgehead atoms. The molecule has 2 aromatic rings. The highest BCUT2D eigenvalue weighted by Gasteiger charge is 2.32. The minimum absolute atomic E-state index is 0. The number of rotatable bonds is 6. The van der Waals surface area contributed by atoms with E-state index in [0.717, 1.165) is 30.5 Å². The number of fused-ring (bicyclic) bond motifs is 1. The van der Waals surface area contributed by atoms with Crippen LogP contribution >= 0.6 is 12.4 Å². The summed E-state index contributed by atoms with van der Waals surface area (Å²) < 4.78 is 6.27. The summed E-state index contributed by atoms with van der Waals surface area (Å²) in [6.45, 7) is 2.47. The number of methoxy groups -OCH3 is 1. The van der Waals surface area contributed by atoms with Gasteiger partial charge in [-0.15, -0.1) is 12.4 Å². The van der Waals surface area contributed by atoms with Crippen LogP contribution in [0.2, 0.25) is 0 Å². The molecule has 1 aliphatic heterocycles. The van der Waals surface area contributed by atoms with Crippen LogP contribution in [-0.4, -0.2) is 48.8 Å². The lowest BCUT2D eigenvalue weighted by Gasteiger charge is -2.37. The smallest absolute Gasteiger partial charge is 0.329 e. The number of H-pyrrole nitrogens is 1. The number of para-hydroxylation sites is 1. The first-order valence-corrected chi connectivity index (χ1v) is 8.73. The van der Waals surface area contributed by atoms with Gasteiger partial charge in [0.25, 0.3) is 5.56 Å². The van der Waals surface area contributed by atoms with E-state index in [0.29, 0.717) is 24.1 Å². The first-order chi connectivity index (χ1) is 12.5. The van der Waals surface area contributed by atoms with Gasteiger partial charge in [0.1, 0.15) is 6.54 Å². The Balaban J connectivity index is 0.00000261. The molecule has 3 N–H and O–H groups in total. The Morgan fingerprint density at radius 3 is 2.67 bits per heavy atom. The van der Waals surface area contributed by atoms with Gasteiger partial charge >= 0.3 is 5.69 Å². The predicted octanol–water partition coefficient (Wildman–Crippen LogP) is 0.244. The van der Waals surface area contributed by atoms with E-state index in [9.17, 15) is 14.4 Å². The summed E-state index contributed by atoms with van der Waals surface area (Å²) in [6.07, 6.45) is 1.80. The molecule has 148 valence electrons. The fraction of sp³-hybridized carbons (Fsp3) is 0.500. The summed E-state index contributed by atoms with van der Waals surface area (Å²) in [5, 5.41) is 6.55. The molecule has 27 heavy (non-hydrogen) atoms. The normalized spacial score (nSPS) is 15.9. The van der Waals surface area contributed by atoms with Gasteiger partial charge < -0.3 is 20.4 Å². The van der Waals surface area contributed by atoms with Gasteiger partial charge in [0.05, 0.1) is 17.5 Å². The number of aromatic nitrogens is 2. The van der Waals surface area contributed by atoms with Gasteiger partial charge in [0.15, 0.2) is 0 Å². The highest BCUT2D eigenvalue weighted by molar-refractivity contribution is 5.85. The summed E-state index contributed by atoms with van der Waals surface area (Å²) in [4.78, 5) is 39.6. The van der Waals surface area contributed by atoms with Crippen molar-refractivity contribution in [1.29, 1.82) is 0 Å². The quantitative estimate of drug-likeness (QED) is 0.649. The van der Waals surface area contributed by atoms with Gasteiger partial charge in [0, 0.05) is 19.1 Å². The number of ether oxygens (including phenoxy) is 1. The molecule has 9 heteroatoms. The van der Waals surface area contributed by atoms with Crippen LogP contribution in [0.5, 0.6) is 0 Å². The second kappa shape index (κ2) is 9.16. The molecule has 1 aromatic heterocycles. The highest BCUT2D eigenvalue weighted by atomic mass is 35.5. The zero-order chi connectivity index (χ0) is 18.6. The van der Waals surface area contributed by atoms with Gasteiger partial charge in [-0.05, 0) is 38.1 Å². The van der Waals surface area contributed by atoms with E-state index in [1.165, 1.54) is 0 Å². The van der Waals surface area contributed by atoms with Gasteiger partial charge in [0.2, 0.25) is 5.91 Å². The van der Waals surface area contributed by atoms with Crippen molar-refractivity contribution < 1.29 is 9.53 Å². The van der Waals surface area contributed by atoms with Crippen molar-refractivity contribution in [3.8, 4) is 0 Å². The highest BCUT2D eigenvalue weighted by Crippen LogP contribution is 2.28. The number of aromatic amines is 1. The van der Waals surface area contributed by atoms with Crippen molar-refractivity contribution in [2.45, 2.75) is 19.4 Å². The molecule has 2 heterocycles. The van der Waals surface area contributed by atoms with Crippen LogP contribution in [0, 0.1) is 5.41 Å². The molecular weight excluding hydrogens is 372 g/mol. The zero-order valence-electron chi connectivity index (χ0n) is 15.2. The van der Waals surface area contributed by atoms with Gasteiger partial charge in [-0.25, -0.2) is 4.79 Å². The molecule has 0 saturated carbocycles. The lowest BCUT2D eigenvalue weighted by atomic mass is 9.79. The lowest BCUT2D eigenvalue weighted by molar-refractivity contribution is -0.122. The number of nitrogens with one attached hydrogen (secondary N) is 3. The van der Waals surface area contributed by atoms with Crippen molar-refractivity contribution in [1.82, 2.24) is 20.2 Å². The van der Waals surface area contributed by atoms with Gasteiger partial charge in [-0.1, -0.05) is 12.1 Å². The minimum atomic E-state index is -0.586. The van der Waals surface area contributed by atoms with E-state index in [1.807, 2.05) is 0 Å². The first-order valence-electron chi connectivity index (χ1n) is 8.73. The van der Waals surface area contributed by atoms with Crippen molar-refractivity contribution in [3.05, 3.63) is 45.1 Å². The SMILES string of the molecule is COCC1(CNC(=O)Cn2c(=O)[nH]c3ccccc3c2=O)CCNCC1.Cl. The van der Waals surface area contributed by atoms with E-state index < -0.39 is 11.2 Å². The number of benzene rings is 1. The topological polar surface area (TPSA) is 105 Å². The Morgan fingerprint density at radius 2 is 1.96 bits per heavy atom. The summed E-state index contributed by atoms with van der Waals surface area (Å²) in [6, 6.07) is 6.75. The molecule has 1 aromatic carbocycles. The lowest BCUT2D eigenvalue weighted by Crippen LogP contribution is -2.48. The van der Waals surface area contributed by atoms with E-state index in [4.69, 9.17) is 4.74 Å². The van der Waals surface area contributed by atoms with Crippen LogP contribution < -0.4 is 21.9 Å². The maximum atomic E-state index is 12.5. The van der Waals surface area contributed by atoms with E-state index in [2.05, 4.69) is 15.6 Å². The molecule has 1 amide bonds. The monoisotopic (exact) mass is 396 g/mol. The Morgan fingerprint density at radius 1 is 1.26 bits per heavy atom. The maximum Gasteiger partial charge on any atom is 0.329 e. The van der Waals surface area contributed by atoms with E-state index in [1.54, 1.807) is 31.4 Å². The number of halogens is 1. The summed E-state index contributed by atoms with van der Waals surface area (Å²) in [5.74, 6) is -0.359. The molecule has 0 aliphatic carbocycles. The van der Waals surface area contributed by atoms with Crippen LogP contribution in [0.25, 0.3) is 10.9 Å². The van der Waals surface area contributed by atoms with Crippen molar-refractivity contribution in [2.24, 2.45) is 5.41 Å². The number of carbonyl (C=O) groups excluding carboxylic acids is 1. The van der Waals surface area contributed by atoms with Crippen molar-refractivity contribution in [2.75, 3.05) is 33.4 Å². The third-order valence-corrected chi connectivity index (χ3v) is 4.97. The second-order valence-electron chi connectivity index (χ2n) is 6.83. The third-order valence-electron chi connectivity index (χ3n) is 4.97. The predicted molar refractivity (Wildman–Crippen MR) is 105 cm³/mol. The summed E-state index contributed by atoms with van der Waals surface area (Å²) >= 11 is 0. The minimum Gasteiger partial charge on any atom is -0.384 e.